The normalized spacial score (nSPS) is 10.0. The minimum Gasteiger partial charge on any atom is -0.384 e. The summed E-state index contributed by atoms with van der Waals surface area (Å²) in [5.41, 5.74) is 5.46. The Morgan fingerprint density at radius 3 is 2.67 bits per heavy atom. The van der Waals surface area contributed by atoms with Crippen molar-refractivity contribution in [3.8, 4) is 5.95 Å². The molecule has 0 spiro atoms. The summed E-state index contributed by atoms with van der Waals surface area (Å²) in [5, 5.41) is 7.24. The Morgan fingerprint density at radius 2 is 2.00 bits per heavy atom. The lowest BCUT2D eigenvalue weighted by atomic mass is 10.6. The van der Waals surface area contributed by atoms with Gasteiger partial charge in [0.15, 0.2) is 0 Å². The lowest BCUT2D eigenvalue weighted by Gasteiger charge is -1.97. The Kier molecular flexibility index (Phi) is 1.44. The molecule has 0 bridgehead atoms. The molecule has 0 aliphatic heterocycles. The zero-order valence-electron chi connectivity index (χ0n) is 6.12. The molecule has 12 heavy (non-hydrogen) atoms. The largest absolute Gasteiger partial charge is 0.384 e. The summed E-state index contributed by atoms with van der Waals surface area (Å²) in [6.07, 6.45) is 4.60. The maximum Gasteiger partial charge on any atom is 0.238 e. The van der Waals surface area contributed by atoms with E-state index in [1.165, 1.54) is 12.7 Å². The van der Waals surface area contributed by atoms with E-state index in [2.05, 4.69) is 20.2 Å². The van der Waals surface area contributed by atoms with Crippen LogP contribution in [0.3, 0.4) is 0 Å². The van der Waals surface area contributed by atoms with Crippen LogP contribution in [0.5, 0.6) is 0 Å². The molecule has 6 nitrogen and oxygen atoms in total. The molecular formula is C6H6N6. The fraction of sp³-hybridized carbons (Fsp3) is 0. The van der Waals surface area contributed by atoms with Crippen LogP contribution >= 0.6 is 0 Å². The van der Waals surface area contributed by atoms with Crippen LogP contribution in [0.15, 0.2) is 24.9 Å². The van der Waals surface area contributed by atoms with E-state index in [9.17, 15) is 0 Å². The Bertz CT molecular complexity index is 367. The third-order valence-electron chi connectivity index (χ3n) is 1.31. The van der Waals surface area contributed by atoms with Crippen molar-refractivity contribution >= 4 is 5.82 Å². The Morgan fingerprint density at radius 1 is 1.25 bits per heavy atom. The molecule has 2 heterocycles. The van der Waals surface area contributed by atoms with Crippen LogP contribution < -0.4 is 5.73 Å². The number of nitrogen functional groups attached to an aromatic ring is 1. The fourth-order valence-corrected chi connectivity index (χ4v) is 0.790. The highest BCUT2D eigenvalue weighted by molar-refractivity contribution is 5.29. The molecule has 2 aromatic heterocycles. The first-order valence-electron chi connectivity index (χ1n) is 3.30. The van der Waals surface area contributed by atoms with Crippen LogP contribution in [-0.4, -0.2) is 24.7 Å². The number of anilines is 1. The molecule has 0 aromatic carbocycles. The van der Waals surface area contributed by atoms with Gasteiger partial charge in [-0.1, -0.05) is 0 Å². The quantitative estimate of drug-likeness (QED) is 0.619. The van der Waals surface area contributed by atoms with Gasteiger partial charge in [-0.15, -0.1) is 10.2 Å². The van der Waals surface area contributed by atoms with Gasteiger partial charge in [-0.05, 0) is 6.07 Å². The number of rotatable bonds is 1. The van der Waals surface area contributed by atoms with Gasteiger partial charge in [-0.25, -0.2) is 4.98 Å². The maximum absolute atomic E-state index is 5.46. The summed E-state index contributed by atoms with van der Waals surface area (Å²) < 4.78 is 1.58. The number of nitrogens with two attached hydrogens (primary N) is 1. The number of hydrogen-bond acceptors (Lipinski definition) is 5. The molecule has 60 valence electrons. The van der Waals surface area contributed by atoms with Crippen LogP contribution in [-0.2, 0) is 0 Å². The Hall–Kier alpha value is -1.98. The molecule has 0 amide bonds. The zero-order valence-corrected chi connectivity index (χ0v) is 6.12. The van der Waals surface area contributed by atoms with Crippen molar-refractivity contribution in [3.63, 3.8) is 0 Å². The predicted octanol–water partition coefficient (Wildman–Crippen LogP) is -0.361. The van der Waals surface area contributed by atoms with Crippen LogP contribution in [0.2, 0.25) is 0 Å². The molecular weight excluding hydrogens is 156 g/mol. The average molecular weight is 162 g/mol. The van der Waals surface area contributed by atoms with Crippen LogP contribution in [0.4, 0.5) is 5.82 Å². The summed E-state index contributed by atoms with van der Waals surface area (Å²) in [5.74, 6) is 0.897. The van der Waals surface area contributed by atoms with Crippen molar-refractivity contribution in [1.29, 1.82) is 0 Å². The van der Waals surface area contributed by atoms with E-state index < -0.39 is 0 Å². The van der Waals surface area contributed by atoms with Crippen molar-refractivity contribution < 1.29 is 0 Å². The van der Waals surface area contributed by atoms with E-state index in [-0.39, 0.29) is 0 Å². The van der Waals surface area contributed by atoms with Gasteiger partial charge < -0.3 is 5.73 Å². The van der Waals surface area contributed by atoms with E-state index in [1.807, 2.05) is 0 Å². The number of aromatic nitrogens is 5. The van der Waals surface area contributed by atoms with E-state index in [1.54, 1.807) is 16.8 Å². The summed E-state index contributed by atoms with van der Waals surface area (Å²) >= 11 is 0. The first-order chi connectivity index (χ1) is 5.86. The first-order valence-corrected chi connectivity index (χ1v) is 3.30. The maximum atomic E-state index is 5.46. The molecule has 0 aliphatic carbocycles. The zero-order chi connectivity index (χ0) is 8.39. The Balaban J connectivity index is 2.48. The second-order valence-electron chi connectivity index (χ2n) is 2.15. The standard InChI is InChI=1S/C6H6N6/c7-5-1-2-8-6(11-5)12-3-9-10-4-12/h1-4H,(H2,7,8,11). The number of hydrogen-bond donors (Lipinski definition) is 1. The SMILES string of the molecule is Nc1ccnc(-n2cnnc2)n1. The van der Waals surface area contributed by atoms with Crippen molar-refractivity contribution in [2.75, 3.05) is 5.73 Å². The third-order valence-corrected chi connectivity index (χ3v) is 1.31. The predicted molar refractivity (Wildman–Crippen MR) is 41.4 cm³/mol. The van der Waals surface area contributed by atoms with Gasteiger partial charge in [0.2, 0.25) is 5.95 Å². The fourth-order valence-electron chi connectivity index (χ4n) is 0.790. The second kappa shape index (κ2) is 2.57. The minimum absolute atomic E-state index is 0.425. The third kappa shape index (κ3) is 1.09. The van der Waals surface area contributed by atoms with E-state index in [0.29, 0.717) is 11.8 Å². The highest BCUT2D eigenvalue weighted by Gasteiger charge is 1.97. The van der Waals surface area contributed by atoms with Gasteiger partial charge in [0.05, 0.1) is 0 Å². The van der Waals surface area contributed by atoms with Crippen molar-refractivity contribution in [1.82, 2.24) is 24.7 Å². The molecule has 0 saturated heterocycles. The van der Waals surface area contributed by atoms with Gasteiger partial charge in [0, 0.05) is 6.20 Å². The molecule has 0 atom stereocenters. The highest BCUT2D eigenvalue weighted by atomic mass is 15.3. The van der Waals surface area contributed by atoms with E-state index in [4.69, 9.17) is 5.73 Å². The van der Waals surface area contributed by atoms with Gasteiger partial charge in [0.1, 0.15) is 18.5 Å². The summed E-state index contributed by atoms with van der Waals surface area (Å²) in [4.78, 5) is 7.94. The van der Waals surface area contributed by atoms with Crippen molar-refractivity contribution in [3.05, 3.63) is 24.9 Å². The molecule has 2 aromatic rings. The molecule has 0 unspecified atom stereocenters. The van der Waals surface area contributed by atoms with Gasteiger partial charge in [-0.2, -0.15) is 4.98 Å². The van der Waals surface area contributed by atoms with Gasteiger partial charge in [0.25, 0.3) is 0 Å². The molecule has 2 N–H and O–H groups in total. The molecule has 2 rings (SSSR count). The Labute approximate surface area is 68.1 Å². The van der Waals surface area contributed by atoms with Crippen LogP contribution in [0, 0.1) is 0 Å². The van der Waals surface area contributed by atoms with Crippen molar-refractivity contribution in [2.45, 2.75) is 0 Å². The molecule has 0 aliphatic rings. The molecule has 0 saturated carbocycles. The van der Waals surface area contributed by atoms with Gasteiger partial charge >= 0.3 is 0 Å². The monoisotopic (exact) mass is 162 g/mol. The molecule has 0 fully saturated rings. The van der Waals surface area contributed by atoms with Crippen molar-refractivity contribution in [2.24, 2.45) is 0 Å². The van der Waals surface area contributed by atoms with E-state index >= 15 is 0 Å². The summed E-state index contributed by atoms with van der Waals surface area (Å²) in [6, 6.07) is 1.62. The highest BCUT2D eigenvalue weighted by Crippen LogP contribution is 2.00. The topological polar surface area (TPSA) is 82.5 Å². The lowest BCUT2D eigenvalue weighted by molar-refractivity contribution is 0.927. The average Bonchev–Trinajstić information content (AvgIpc) is 2.56. The van der Waals surface area contributed by atoms with Gasteiger partial charge in [-0.3, -0.25) is 4.57 Å². The van der Waals surface area contributed by atoms with Crippen LogP contribution in [0.1, 0.15) is 0 Å². The lowest BCUT2D eigenvalue weighted by Crippen LogP contribution is -2.00. The van der Waals surface area contributed by atoms with Crippen LogP contribution in [0.25, 0.3) is 5.95 Å². The minimum atomic E-state index is 0.425. The second-order valence-corrected chi connectivity index (χ2v) is 2.15. The van der Waals surface area contributed by atoms with E-state index in [0.717, 1.165) is 0 Å². The smallest absolute Gasteiger partial charge is 0.238 e. The summed E-state index contributed by atoms with van der Waals surface area (Å²) in [6.45, 7) is 0. The molecule has 0 radical (unpaired) electrons. The summed E-state index contributed by atoms with van der Waals surface area (Å²) in [7, 11) is 0. The first kappa shape index (κ1) is 6.71. The molecule has 6 heteroatoms. The number of nitrogens with zero attached hydrogens (tertiary/aromatic N) is 5.